The number of guanidine groups is 1. The average molecular weight is 446 g/mol. The smallest absolute Gasteiger partial charge is 0.408 e. The zero-order valence-corrected chi connectivity index (χ0v) is 18.4. The van der Waals surface area contributed by atoms with Crippen LogP contribution in [0.25, 0.3) is 11.1 Å². The Bertz CT molecular complexity index is 1410. The third-order valence-corrected chi connectivity index (χ3v) is 4.95. The Morgan fingerprint density at radius 1 is 1.03 bits per heavy atom. The number of carbonyl (C=O) groups is 1. The second kappa shape index (κ2) is 8.74. The van der Waals surface area contributed by atoms with Gasteiger partial charge in [-0.3, -0.25) is 15.1 Å². The average Bonchev–Trinajstić information content (AvgIpc) is 3.12. The number of hydrogen-bond acceptors (Lipinski definition) is 4. The molecule has 0 fully saturated rings. The molecule has 0 saturated heterocycles. The Hall–Kier alpha value is -4.20. The number of para-hydroxylation sites is 1. The summed E-state index contributed by atoms with van der Waals surface area (Å²) in [5.74, 6) is -1.46. The number of halogens is 1. The first-order valence-corrected chi connectivity index (χ1v) is 10.3. The lowest BCUT2D eigenvalue weighted by atomic mass is 9.86. The summed E-state index contributed by atoms with van der Waals surface area (Å²) in [5.41, 5.74) is 3.06. The van der Waals surface area contributed by atoms with Gasteiger partial charge in [0, 0.05) is 17.3 Å². The zero-order chi connectivity index (χ0) is 23.6. The fourth-order valence-corrected chi connectivity index (χ4v) is 3.38. The molecule has 1 aromatic heterocycles. The van der Waals surface area contributed by atoms with Crippen LogP contribution in [-0.4, -0.2) is 16.9 Å². The summed E-state index contributed by atoms with van der Waals surface area (Å²) < 4.78 is 18.7. The van der Waals surface area contributed by atoms with Crippen molar-refractivity contribution >= 4 is 34.3 Å². The molecule has 3 N–H and O–H groups in total. The van der Waals surface area contributed by atoms with Gasteiger partial charge in [0.1, 0.15) is 5.82 Å². The molecule has 33 heavy (non-hydrogen) atoms. The first-order chi connectivity index (χ1) is 15.7. The van der Waals surface area contributed by atoms with Crippen molar-refractivity contribution in [2.75, 3.05) is 5.32 Å². The molecule has 0 aliphatic rings. The van der Waals surface area contributed by atoms with Gasteiger partial charge in [0.05, 0.1) is 11.2 Å². The molecule has 7 nitrogen and oxygen atoms in total. The Kier molecular flexibility index (Phi) is 5.83. The number of nitrogens with zero attached hydrogens (tertiary/aromatic N) is 1. The largest absolute Gasteiger partial charge is 0.417 e. The molecule has 0 aliphatic heterocycles. The van der Waals surface area contributed by atoms with E-state index in [9.17, 15) is 14.0 Å². The highest BCUT2D eigenvalue weighted by Gasteiger charge is 2.18. The van der Waals surface area contributed by atoms with Crippen LogP contribution in [0, 0.1) is 5.82 Å². The van der Waals surface area contributed by atoms with E-state index in [1.54, 1.807) is 18.2 Å². The monoisotopic (exact) mass is 446 g/mol. The van der Waals surface area contributed by atoms with Crippen molar-refractivity contribution in [2.45, 2.75) is 26.2 Å². The number of aromatic nitrogens is 1. The molecule has 3 aromatic carbocycles. The highest BCUT2D eigenvalue weighted by molar-refractivity contribution is 6.11. The van der Waals surface area contributed by atoms with Gasteiger partial charge in [0.15, 0.2) is 5.58 Å². The molecule has 0 saturated carbocycles. The van der Waals surface area contributed by atoms with Crippen LogP contribution in [0.3, 0.4) is 0 Å². The van der Waals surface area contributed by atoms with Crippen molar-refractivity contribution in [1.82, 2.24) is 10.3 Å². The van der Waals surface area contributed by atoms with Gasteiger partial charge in [-0.1, -0.05) is 45.0 Å². The van der Waals surface area contributed by atoms with Gasteiger partial charge >= 0.3 is 5.76 Å². The second-order valence-electron chi connectivity index (χ2n) is 8.54. The molecule has 1 amide bonds. The van der Waals surface area contributed by atoms with Gasteiger partial charge in [-0.05, 0) is 47.4 Å². The topological polar surface area (TPSA) is 99.5 Å². The minimum atomic E-state index is -0.561. The zero-order valence-electron chi connectivity index (χ0n) is 18.4. The first-order valence-electron chi connectivity index (χ1n) is 10.3. The van der Waals surface area contributed by atoms with Crippen molar-refractivity contribution in [3.05, 3.63) is 94.2 Å². The first kappa shape index (κ1) is 22.0. The summed E-state index contributed by atoms with van der Waals surface area (Å²) >= 11 is 0. The summed E-state index contributed by atoms with van der Waals surface area (Å²) in [6.07, 6.45) is 0. The van der Waals surface area contributed by atoms with Crippen LogP contribution in [0.2, 0.25) is 0 Å². The summed E-state index contributed by atoms with van der Waals surface area (Å²) in [5, 5.41) is 5.79. The molecule has 168 valence electrons. The van der Waals surface area contributed by atoms with Crippen molar-refractivity contribution in [2.24, 2.45) is 4.99 Å². The van der Waals surface area contributed by atoms with E-state index in [4.69, 9.17) is 4.42 Å². The van der Waals surface area contributed by atoms with Gasteiger partial charge in [-0.25, -0.2) is 14.2 Å². The fraction of sp³-hybridized carbons (Fsp3) is 0.160. The molecule has 8 heteroatoms. The van der Waals surface area contributed by atoms with E-state index in [-0.39, 0.29) is 16.9 Å². The van der Waals surface area contributed by atoms with E-state index in [1.165, 1.54) is 18.2 Å². The maximum atomic E-state index is 13.6. The van der Waals surface area contributed by atoms with Crippen LogP contribution in [0.4, 0.5) is 15.8 Å². The van der Waals surface area contributed by atoms with Gasteiger partial charge in [0.2, 0.25) is 5.96 Å². The van der Waals surface area contributed by atoms with Gasteiger partial charge < -0.3 is 9.73 Å². The molecule has 4 aromatic rings. The minimum absolute atomic E-state index is 0.137. The van der Waals surface area contributed by atoms with Crippen LogP contribution < -0.4 is 16.4 Å². The molecule has 0 bridgehead atoms. The molecule has 0 spiro atoms. The Balaban J connectivity index is 1.73. The number of aliphatic imine (C=N–C) groups is 1. The molecule has 0 radical (unpaired) electrons. The SMILES string of the molecule is CC(C)(C)c1ccccc1N=C(NC(=O)c1cccc(F)c1)Nc1ccc2[nH]c(=O)oc2c1. The number of anilines is 1. The number of fused-ring (bicyclic) bond motifs is 1. The van der Waals surface area contributed by atoms with Gasteiger partial charge in [-0.2, -0.15) is 0 Å². The lowest BCUT2D eigenvalue weighted by Gasteiger charge is -2.21. The van der Waals surface area contributed by atoms with E-state index in [1.807, 2.05) is 24.3 Å². The number of rotatable bonds is 3. The highest BCUT2D eigenvalue weighted by Crippen LogP contribution is 2.31. The van der Waals surface area contributed by atoms with E-state index in [2.05, 4.69) is 41.4 Å². The van der Waals surface area contributed by atoms with Crippen molar-refractivity contribution < 1.29 is 13.6 Å². The third kappa shape index (κ3) is 5.17. The van der Waals surface area contributed by atoms with E-state index < -0.39 is 17.5 Å². The molecule has 0 aliphatic carbocycles. The Morgan fingerprint density at radius 2 is 1.82 bits per heavy atom. The summed E-state index contributed by atoms with van der Waals surface area (Å²) in [4.78, 5) is 31.5. The number of amides is 1. The lowest BCUT2D eigenvalue weighted by Crippen LogP contribution is -2.36. The molecule has 0 unspecified atom stereocenters. The van der Waals surface area contributed by atoms with Crippen LogP contribution in [0.5, 0.6) is 0 Å². The van der Waals surface area contributed by atoms with Crippen molar-refractivity contribution in [1.29, 1.82) is 0 Å². The molecular weight excluding hydrogens is 423 g/mol. The number of nitrogens with one attached hydrogen (secondary N) is 3. The predicted molar refractivity (Wildman–Crippen MR) is 127 cm³/mol. The van der Waals surface area contributed by atoms with E-state index >= 15 is 0 Å². The number of benzene rings is 3. The van der Waals surface area contributed by atoms with E-state index in [0.29, 0.717) is 22.5 Å². The van der Waals surface area contributed by atoms with Crippen LogP contribution in [-0.2, 0) is 5.41 Å². The molecule has 4 rings (SSSR count). The number of hydrogen-bond donors (Lipinski definition) is 3. The van der Waals surface area contributed by atoms with E-state index in [0.717, 1.165) is 11.6 Å². The molecule has 1 heterocycles. The maximum Gasteiger partial charge on any atom is 0.417 e. The van der Waals surface area contributed by atoms with Gasteiger partial charge in [-0.15, -0.1) is 0 Å². The summed E-state index contributed by atoms with van der Waals surface area (Å²) in [7, 11) is 0. The quantitative estimate of drug-likeness (QED) is 0.302. The molecule has 0 atom stereocenters. The predicted octanol–water partition coefficient (Wildman–Crippen LogP) is 5.09. The minimum Gasteiger partial charge on any atom is -0.408 e. The standard InChI is InChI=1S/C25H23FN4O3/c1-25(2,3)18-9-4-5-10-19(18)28-23(30-22(31)15-7-6-8-16(26)13-15)27-17-11-12-20-21(14-17)33-24(32)29-20/h4-14H,1-3H3,(H,29,32)(H2,27,28,30,31). The maximum absolute atomic E-state index is 13.6. The Morgan fingerprint density at radius 3 is 2.58 bits per heavy atom. The number of H-pyrrole nitrogens is 1. The van der Waals surface area contributed by atoms with Crippen molar-refractivity contribution in [3.63, 3.8) is 0 Å². The number of aromatic amines is 1. The Labute approximate surface area is 189 Å². The summed E-state index contributed by atoms with van der Waals surface area (Å²) in [6, 6.07) is 18.0. The van der Waals surface area contributed by atoms with Crippen LogP contribution in [0.1, 0.15) is 36.7 Å². The van der Waals surface area contributed by atoms with Gasteiger partial charge in [0.25, 0.3) is 5.91 Å². The summed E-state index contributed by atoms with van der Waals surface area (Å²) in [6.45, 7) is 6.21. The fourth-order valence-electron chi connectivity index (χ4n) is 3.38. The number of carbonyl (C=O) groups excluding carboxylic acids is 1. The van der Waals surface area contributed by atoms with Crippen LogP contribution in [0.15, 0.2) is 80.9 Å². The highest BCUT2D eigenvalue weighted by atomic mass is 19.1. The second-order valence-corrected chi connectivity index (χ2v) is 8.54. The normalized spacial score (nSPS) is 12.1. The molecular formula is C25H23FN4O3. The lowest BCUT2D eigenvalue weighted by molar-refractivity contribution is 0.0976. The number of oxazole rings is 1. The third-order valence-electron chi connectivity index (χ3n) is 4.95. The van der Waals surface area contributed by atoms with Crippen molar-refractivity contribution in [3.8, 4) is 0 Å². The van der Waals surface area contributed by atoms with Crippen LogP contribution >= 0.6 is 0 Å².